The molecule has 3 amide bonds. The Hall–Kier alpha value is -2.57. The predicted octanol–water partition coefficient (Wildman–Crippen LogP) is 5.14. The van der Waals surface area contributed by atoms with Gasteiger partial charge >= 0.3 is 0 Å². The van der Waals surface area contributed by atoms with Gasteiger partial charge in [-0.3, -0.25) is 19.3 Å². The molecule has 2 aromatic carbocycles. The first-order valence-electron chi connectivity index (χ1n) is 8.75. The third kappa shape index (κ3) is 4.64. The van der Waals surface area contributed by atoms with Crippen molar-refractivity contribution in [2.24, 2.45) is 0 Å². The van der Waals surface area contributed by atoms with Crippen LogP contribution in [0.15, 0.2) is 53.4 Å². The summed E-state index contributed by atoms with van der Waals surface area (Å²) in [5.74, 6) is -0.538. The summed E-state index contributed by atoms with van der Waals surface area (Å²) < 4.78 is 0. The van der Waals surface area contributed by atoms with Gasteiger partial charge in [0, 0.05) is 10.7 Å². The van der Waals surface area contributed by atoms with Gasteiger partial charge in [0.1, 0.15) is 6.54 Å². The van der Waals surface area contributed by atoms with E-state index in [-0.39, 0.29) is 11.4 Å². The monoisotopic (exact) mass is 414 g/mol. The van der Waals surface area contributed by atoms with Crippen molar-refractivity contribution in [3.05, 3.63) is 69.6 Å². The molecule has 1 aliphatic rings. The summed E-state index contributed by atoms with van der Waals surface area (Å²) in [5.41, 5.74) is 2.42. The quantitative estimate of drug-likeness (QED) is 0.688. The minimum Gasteiger partial charge on any atom is -0.325 e. The van der Waals surface area contributed by atoms with Gasteiger partial charge in [-0.05, 0) is 53.1 Å². The zero-order chi connectivity index (χ0) is 20.3. The molecule has 0 radical (unpaired) electrons. The van der Waals surface area contributed by atoms with Crippen molar-refractivity contribution >= 4 is 52.2 Å². The first-order valence-corrected chi connectivity index (χ1v) is 9.94. The molecule has 0 bridgehead atoms. The van der Waals surface area contributed by atoms with Crippen LogP contribution in [0.2, 0.25) is 5.02 Å². The summed E-state index contributed by atoms with van der Waals surface area (Å²) in [7, 11) is 0. The molecule has 5 nitrogen and oxygen atoms in total. The first kappa shape index (κ1) is 20.2. The Morgan fingerprint density at radius 1 is 1.14 bits per heavy atom. The van der Waals surface area contributed by atoms with Gasteiger partial charge in [-0.15, -0.1) is 0 Å². The van der Waals surface area contributed by atoms with Gasteiger partial charge in [0.05, 0.1) is 4.91 Å². The number of nitrogens with zero attached hydrogens (tertiary/aromatic N) is 1. The van der Waals surface area contributed by atoms with Crippen LogP contribution < -0.4 is 5.32 Å². The van der Waals surface area contributed by atoms with Crippen LogP contribution in [-0.2, 0) is 9.59 Å². The van der Waals surface area contributed by atoms with E-state index in [9.17, 15) is 14.4 Å². The second kappa shape index (κ2) is 8.63. The number of nitrogens with one attached hydrogen (secondary N) is 1. The van der Waals surface area contributed by atoms with Crippen molar-refractivity contribution in [2.75, 3.05) is 11.9 Å². The second-order valence-electron chi connectivity index (χ2n) is 6.61. The Labute approximate surface area is 172 Å². The fourth-order valence-corrected chi connectivity index (χ4v) is 3.68. The van der Waals surface area contributed by atoms with E-state index in [1.54, 1.807) is 42.5 Å². The van der Waals surface area contributed by atoms with E-state index in [2.05, 4.69) is 19.2 Å². The molecule has 1 saturated heterocycles. The Morgan fingerprint density at radius 2 is 1.82 bits per heavy atom. The highest BCUT2D eigenvalue weighted by Gasteiger charge is 2.36. The van der Waals surface area contributed by atoms with E-state index in [0.29, 0.717) is 22.2 Å². The highest BCUT2D eigenvalue weighted by atomic mass is 35.5. The van der Waals surface area contributed by atoms with Crippen molar-refractivity contribution in [1.82, 2.24) is 4.90 Å². The van der Waals surface area contributed by atoms with Gasteiger partial charge in [0.15, 0.2) is 0 Å². The summed E-state index contributed by atoms with van der Waals surface area (Å²) in [5, 5.41) is 2.72. The van der Waals surface area contributed by atoms with Crippen molar-refractivity contribution in [3.8, 4) is 0 Å². The molecule has 1 N–H and O–H groups in total. The minimum atomic E-state index is -0.500. The molecule has 144 valence electrons. The van der Waals surface area contributed by atoms with Crippen molar-refractivity contribution in [2.45, 2.75) is 19.8 Å². The average molecular weight is 415 g/mol. The molecule has 2 aromatic rings. The third-order valence-electron chi connectivity index (χ3n) is 4.23. The molecular weight excluding hydrogens is 396 g/mol. The molecule has 0 aliphatic carbocycles. The predicted molar refractivity (Wildman–Crippen MR) is 113 cm³/mol. The molecule has 0 saturated carbocycles. The number of rotatable bonds is 5. The largest absolute Gasteiger partial charge is 0.325 e. The number of hydrogen-bond acceptors (Lipinski definition) is 4. The summed E-state index contributed by atoms with van der Waals surface area (Å²) in [6, 6.07) is 14.5. The SMILES string of the molecule is CC(C)c1ccc(NC(=O)CN2C(=O)S/C(=C/c3ccccc3Cl)C2=O)cc1. The van der Waals surface area contributed by atoms with Crippen molar-refractivity contribution in [1.29, 1.82) is 0 Å². The van der Waals surface area contributed by atoms with E-state index in [0.717, 1.165) is 22.2 Å². The van der Waals surface area contributed by atoms with E-state index in [1.165, 1.54) is 0 Å². The Morgan fingerprint density at radius 3 is 2.46 bits per heavy atom. The molecule has 0 atom stereocenters. The summed E-state index contributed by atoms with van der Waals surface area (Å²) in [4.78, 5) is 38.2. The number of carbonyl (C=O) groups excluding carboxylic acids is 3. The average Bonchev–Trinajstić information content (AvgIpc) is 2.91. The number of imide groups is 1. The lowest BCUT2D eigenvalue weighted by Gasteiger charge is -2.13. The number of halogens is 1. The minimum absolute atomic E-state index is 0.243. The molecule has 1 heterocycles. The van der Waals surface area contributed by atoms with E-state index < -0.39 is 17.1 Å². The van der Waals surface area contributed by atoms with Crippen LogP contribution in [0.5, 0.6) is 0 Å². The molecule has 28 heavy (non-hydrogen) atoms. The smallest absolute Gasteiger partial charge is 0.294 e. The van der Waals surface area contributed by atoms with Crippen molar-refractivity contribution in [3.63, 3.8) is 0 Å². The number of hydrogen-bond donors (Lipinski definition) is 1. The number of benzene rings is 2. The maximum atomic E-state index is 12.5. The van der Waals surface area contributed by atoms with Crippen LogP contribution >= 0.6 is 23.4 Å². The molecule has 0 aromatic heterocycles. The fourth-order valence-electron chi connectivity index (χ4n) is 2.67. The standard InChI is InChI=1S/C21H19ClN2O3S/c1-13(2)14-7-9-16(10-8-14)23-19(25)12-24-20(26)18(28-21(24)27)11-15-5-3-4-6-17(15)22/h3-11,13H,12H2,1-2H3,(H,23,25)/b18-11+. The fraction of sp³-hybridized carbons (Fsp3) is 0.190. The van der Waals surface area contributed by atoms with Crippen LogP contribution in [0, 0.1) is 0 Å². The molecule has 1 fully saturated rings. The summed E-state index contributed by atoms with van der Waals surface area (Å²) >= 11 is 6.90. The molecule has 0 unspecified atom stereocenters. The van der Waals surface area contributed by atoms with Gasteiger partial charge in [-0.1, -0.05) is 55.8 Å². The lowest BCUT2D eigenvalue weighted by Crippen LogP contribution is -2.36. The molecule has 0 spiro atoms. The Bertz CT molecular complexity index is 954. The van der Waals surface area contributed by atoms with Crippen LogP contribution in [0.1, 0.15) is 30.9 Å². The normalized spacial score (nSPS) is 15.6. The van der Waals surface area contributed by atoms with Crippen LogP contribution in [0.25, 0.3) is 6.08 Å². The number of amides is 3. The maximum Gasteiger partial charge on any atom is 0.294 e. The zero-order valence-corrected chi connectivity index (χ0v) is 17.0. The second-order valence-corrected chi connectivity index (χ2v) is 8.01. The van der Waals surface area contributed by atoms with Crippen LogP contribution in [-0.4, -0.2) is 28.5 Å². The van der Waals surface area contributed by atoms with Gasteiger partial charge in [-0.25, -0.2) is 0 Å². The molecule has 1 aliphatic heterocycles. The number of anilines is 1. The summed E-state index contributed by atoms with van der Waals surface area (Å²) in [6.07, 6.45) is 1.57. The number of carbonyl (C=O) groups is 3. The molecular formula is C21H19ClN2O3S. The van der Waals surface area contributed by atoms with Crippen molar-refractivity contribution < 1.29 is 14.4 Å². The highest BCUT2D eigenvalue weighted by molar-refractivity contribution is 8.18. The molecule has 3 rings (SSSR count). The highest BCUT2D eigenvalue weighted by Crippen LogP contribution is 2.33. The lowest BCUT2D eigenvalue weighted by molar-refractivity contribution is -0.127. The number of thioether (sulfide) groups is 1. The van der Waals surface area contributed by atoms with E-state index >= 15 is 0 Å². The maximum absolute atomic E-state index is 12.5. The van der Waals surface area contributed by atoms with Crippen LogP contribution in [0.3, 0.4) is 0 Å². The van der Waals surface area contributed by atoms with Gasteiger partial charge in [0.25, 0.3) is 11.1 Å². The Balaban J connectivity index is 1.67. The lowest BCUT2D eigenvalue weighted by atomic mass is 10.0. The first-order chi connectivity index (χ1) is 13.3. The van der Waals surface area contributed by atoms with Gasteiger partial charge in [0.2, 0.25) is 5.91 Å². The third-order valence-corrected chi connectivity index (χ3v) is 5.48. The van der Waals surface area contributed by atoms with Gasteiger partial charge < -0.3 is 5.32 Å². The van der Waals surface area contributed by atoms with Crippen LogP contribution in [0.4, 0.5) is 10.5 Å². The van der Waals surface area contributed by atoms with E-state index in [4.69, 9.17) is 11.6 Å². The Kier molecular flexibility index (Phi) is 6.21. The molecule has 7 heteroatoms. The zero-order valence-electron chi connectivity index (χ0n) is 15.4. The van der Waals surface area contributed by atoms with Gasteiger partial charge in [-0.2, -0.15) is 0 Å². The van der Waals surface area contributed by atoms with E-state index in [1.807, 2.05) is 12.1 Å². The summed E-state index contributed by atoms with van der Waals surface area (Å²) in [6.45, 7) is 3.84. The topological polar surface area (TPSA) is 66.5 Å².